The van der Waals surface area contributed by atoms with Crippen molar-refractivity contribution in [3.8, 4) is 5.75 Å². The van der Waals surface area contributed by atoms with Crippen LogP contribution in [0.2, 0.25) is 0 Å². The number of methoxy groups -OCH3 is 1. The molecule has 0 aromatic heterocycles. The molecule has 7 heteroatoms. The van der Waals surface area contributed by atoms with Crippen molar-refractivity contribution >= 4 is 17.3 Å². The predicted octanol–water partition coefficient (Wildman–Crippen LogP) is 3.82. The van der Waals surface area contributed by atoms with E-state index in [0.29, 0.717) is 12.6 Å². The molecule has 148 valence electrons. The molecule has 1 fully saturated rings. The van der Waals surface area contributed by atoms with Gasteiger partial charge in [-0.25, -0.2) is 0 Å². The highest BCUT2D eigenvalue weighted by Gasteiger charge is 2.31. The lowest BCUT2D eigenvalue weighted by molar-refractivity contribution is -0.384. The number of nitrogens with zero attached hydrogens (tertiary/aromatic N) is 2. The van der Waals surface area contributed by atoms with Gasteiger partial charge in [-0.1, -0.05) is 18.2 Å². The zero-order chi connectivity index (χ0) is 20.3. The maximum absolute atomic E-state index is 12.7. The number of nitrogens with one attached hydrogen (secondary N) is 1. The molecule has 0 radical (unpaired) electrons. The van der Waals surface area contributed by atoms with Gasteiger partial charge < -0.3 is 10.1 Å². The Hall–Kier alpha value is -2.93. The number of carbonyl (C=O) groups excluding carboxylic acids is 1. The molecule has 1 aliphatic carbocycles. The second-order valence-electron chi connectivity index (χ2n) is 7.19. The van der Waals surface area contributed by atoms with Gasteiger partial charge in [0.1, 0.15) is 11.4 Å². The van der Waals surface area contributed by atoms with Gasteiger partial charge in [-0.3, -0.25) is 19.8 Å². The Morgan fingerprint density at radius 3 is 2.46 bits per heavy atom. The van der Waals surface area contributed by atoms with Crippen LogP contribution in [-0.2, 0) is 11.3 Å². The van der Waals surface area contributed by atoms with Gasteiger partial charge in [0.15, 0.2) is 0 Å². The monoisotopic (exact) mass is 383 g/mol. The molecule has 1 aliphatic rings. The third-order valence-electron chi connectivity index (χ3n) is 5.13. The standard InChI is InChI=1S/C21H25N3O4/c1-14-4-11-19(24(26)27)21(15(14)2)22-20(25)13-23(17-7-8-17)12-16-5-9-18(28-3)10-6-16/h4-6,9-11,17H,7-8,12-13H2,1-3H3,(H,22,25). The molecule has 7 nitrogen and oxygen atoms in total. The van der Waals surface area contributed by atoms with Crippen molar-refractivity contribution in [1.82, 2.24) is 4.90 Å². The van der Waals surface area contributed by atoms with Crippen molar-refractivity contribution in [2.24, 2.45) is 0 Å². The van der Waals surface area contributed by atoms with Crippen molar-refractivity contribution in [1.29, 1.82) is 0 Å². The first-order valence-corrected chi connectivity index (χ1v) is 9.30. The van der Waals surface area contributed by atoms with Crippen LogP contribution in [0.1, 0.15) is 29.5 Å². The SMILES string of the molecule is COc1ccc(CN(CC(=O)Nc2c([N+](=O)[O-])ccc(C)c2C)C2CC2)cc1. The number of amides is 1. The lowest BCUT2D eigenvalue weighted by atomic mass is 10.1. The van der Waals surface area contributed by atoms with Crippen molar-refractivity contribution < 1.29 is 14.5 Å². The van der Waals surface area contributed by atoms with Gasteiger partial charge in [0, 0.05) is 18.7 Å². The zero-order valence-electron chi connectivity index (χ0n) is 16.4. The fourth-order valence-electron chi connectivity index (χ4n) is 3.19. The molecule has 2 aromatic carbocycles. The Kier molecular flexibility index (Phi) is 5.94. The summed E-state index contributed by atoms with van der Waals surface area (Å²) < 4.78 is 5.18. The van der Waals surface area contributed by atoms with E-state index < -0.39 is 4.92 Å². The summed E-state index contributed by atoms with van der Waals surface area (Å²) in [6.07, 6.45) is 2.13. The molecular weight excluding hydrogens is 358 g/mol. The maximum Gasteiger partial charge on any atom is 0.293 e. The first-order valence-electron chi connectivity index (χ1n) is 9.30. The number of aryl methyl sites for hydroxylation is 1. The van der Waals surface area contributed by atoms with Gasteiger partial charge in [-0.2, -0.15) is 0 Å². The normalized spacial score (nSPS) is 13.4. The highest BCUT2D eigenvalue weighted by Crippen LogP contribution is 2.31. The van der Waals surface area contributed by atoms with Crippen LogP contribution < -0.4 is 10.1 Å². The molecule has 0 heterocycles. The fourth-order valence-corrected chi connectivity index (χ4v) is 3.19. The first-order chi connectivity index (χ1) is 13.4. The molecule has 0 saturated heterocycles. The number of rotatable bonds is 8. The number of nitro groups is 1. The first kappa shape index (κ1) is 19.8. The van der Waals surface area contributed by atoms with Gasteiger partial charge in [0.2, 0.25) is 5.91 Å². The van der Waals surface area contributed by atoms with E-state index in [1.54, 1.807) is 20.1 Å². The van der Waals surface area contributed by atoms with E-state index in [-0.39, 0.29) is 23.8 Å². The summed E-state index contributed by atoms with van der Waals surface area (Å²) in [6, 6.07) is 11.3. The summed E-state index contributed by atoms with van der Waals surface area (Å²) in [7, 11) is 1.63. The average molecular weight is 383 g/mol. The van der Waals surface area contributed by atoms with Gasteiger partial charge in [0.25, 0.3) is 5.69 Å². The van der Waals surface area contributed by atoms with Crippen molar-refractivity contribution in [3.63, 3.8) is 0 Å². The van der Waals surface area contributed by atoms with Gasteiger partial charge in [-0.05, 0) is 55.5 Å². The molecule has 0 aliphatic heterocycles. The summed E-state index contributed by atoms with van der Waals surface area (Å²) in [5.41, 5.74) is 2.92. The van der Waals surface area contributed by atoms with E-state index in [2.05, 4.69) is 10.2 Å². The minimum absolute atomic E-state index is 0.0791. The molecule has 1 N–H and O–H groups in total. The van der Waals surface area contributed by atoms with E-state index in [0.717, 1.165) is 35.3 Å². The number of hydrogen-bond acceptors (Lipinski definition) is 5. The van der Waals surface area contributed by atoms with Gasteiger partial charge in [0.05, 0.1) is 18.6 Å². The quantitative estimate of drug-likeness (QED) is 0.553. The smallest absolute Gasteiger partial charge is 0.293 e. The van der Waals surface area contributed by atoms with Gasteiger partial charge in [-0.15, -0.1) is 0 Å². The van der Waals surface area contributed by atoms with Crippen LogP contribution in [-0.4, -0.2) is 35.4 Å². The molecule has 0 bridgehead atoms. The Bertz CT molecular complexity index is 876. The van der Waals surface area contributed by atoms with Crippen molar-refractivity contribution in [3.05, 3.63) is 63.2 Å². The molecule has 1 amide bonds. The zero-order valence-corrected chi connectivity index (χ0v) is 16.4. The topological polar surface area (TPSA) is 84.7 Å². The third kappa shape index (κ3) is 4.67. The lowest BCUT2D eigenvalue weighted by Gasteiger charge is -2.22. The molecule has 28 heavy (non-hydrogen) atoms. The summed E-state index contributed by atoms with van der Waals surface area (Å²) in [4.78, 5) is 25.7. The van der Waals surface area contributed by atoms with Crippen molar-refractivity contribution in [2.45, 2.75) is 39.3 Å². The van der Waals surface area contributed by atoms with Crippen LogP contribution in [0, 0.1) is 24.0 Å². The maximum atomic E-state index is 12.7. The Morgan fingerprint density at radius 1 is 1.21 bits per heavy atom. The molecule has 2 aromatic rings. The van der Waals surface area contributed by atoms with E-state index in [4.69, 9.17) is 4.74 Å². The van der Waals surface area contributed by atoms with E-state index in [9.17, 15) is 14.9 Å². The highest BCUT2D eigenvalue weighted by molar-refractivity contribution is 5.95. The number of anilines is 1. The van der Waals surface area contributed by atoms with Crippen LogP contribution >= 0.6 is 0 Å². The Labute approximate surface area is 164 Å². The summed E-state index contributed by atoms with van der Waals surface area (Å²) >= 11 is 0. The van der Waals surface area contributed by atoms with Crippen LogP contribution in [0.25, 0.3) is 0 Å². The third-order valence-corrected chi connectivity index (χ3v) is 5.13. The van der Waals surface area contributed by atoms with Crippen LogP contribution in [0.3, 0.4) is 0 Å². The fraction of sp³-hybridized carbons (Fsp3) is 0.381. The lowest BCUT2D eigenvalue weighted by Crippen LogP contribution is -2.34. The molecular formula is C21H25N3O4. The number of ether oxygens (including phenoxy) is 1. The van der Waals surface area contributed by atoms with Crippen LogP contribution in [0.15, 0.2) is 36.4 Å². The largest absolute Gasteiger partial charge is 0.497 e. The van der Waals surface area contributed by atoms with E-state index in [1.165, 1.54) is 6.07 Å². The molecule has 0 atom stereocenters. The average Bonchev–Trinajstić information content (AvgIpc) is 3.50. The molecule has 3 rings (SSSR count). The van der Waals surface area contributed by atoms with E-state index >= 15 is 0 Å². The second-order valence-corrected chi connectivity index (χ2v) is 7.19. The summed E-state index contributed by atoms with van der Waals surface area (Å²) in [5.74, 6) is 0.555. The summed E-state index contributed by atoms with van der Waals surface area (Å²) in [5, 5.41) is 14.1. The Balaban J connectivity index is 1.71. The molecule has 0 spiro atoms. The predicted molar refractivity (Wildman–Crippen MR) is 108 cm³/mol. The number of nitro benzene ring substituents is 1. The number of carbonyl (C=O) groups is 1. The minimum atomic E-state index is -0.460. The van der Waals surface area contributed by atoms with Crippen molar-refractivity contribution in [2.75, 3.05) is 19.0 Å². The summed E-state index contributed by atoms with van der Waals surface area (Å²) in [6.45, 7) is 4.50. The number of benzene rings is 2. The number of hydrogen-bond donors (Lipinski definition) is 1. The highest BCUT2D eigenvalue weighted by atomic mass is 16.6. The minimum Gasteiger partial charge on any atom is -0.497 e. The van der Waals surface area contributed by atoms with Crippen LogP contribution in [0.5, 0.6) is 5.75 Å². The van der Waals surface area contributed by atoms with Gasteiger partial charge >= 0.3 is 0 Å². The molecule has 1 saturated carbocycles. The molecule has 0 unspecified atom stereocenters. The van der Waals surface area contributed by atoms with Crippen LogP contribution in [0.4, 0.5) is 11.4 Å². The van der Waals surface area contributed by atoms with E-state index in [1.807, 2.05) is 31.2 Å². The Morgan fingerprint density at radius 2 is 1.89 bits per heavy atom. The second kappa shape index (κ2) is 8.39.